The van der Waals surface area contributed by atoms with Gasteiger partial charge in [0.2, 0.25) is 0 Å². The highest BCUT2D eigenvalue weighted by Crippen LogP contribution is 2.46. The fourth-order valence-electron chi connectivity index (χ4n) is 2.51. The lowest BCUT2D eigenvalue weighted by molar-refractivity contribution is -0.172. The van der Waals surface area contributed by atoms with E-state index in [1.54, 1.807) is 0 Å². The van der Waals surface area contributed by atoms with Crippen LogP contribution in [0.25, 0.3) is 0 Å². The first-order chi connectivity index (χ1) is 8.94. The molecule has 0 saturated carbocycles. The van der Waals surface area contributed by atoms with Gasteiger partial charge in [0.05, 0.1) is 23.8 Å². The Labute approximate surface area is 121 Å². The lowest BCUT2D eigenvalue weighted by atomic mass is 9.79. The molecule has 2 atom stereocenters. The van der Waals surface area contributed by atoms with E-state index >= 15 is 0 Å². The molecule has 2 rings (SSSR count). The van der Waals surface area contributed by atoms with E-state index in [9.17, 15) is 0 Å². The molecule has 2 unspecified atom stereocenters. The Bertz CT molecular complexity index is 442. The summed E-state index contributed by atoms with van der Waals surface area (Å²) < 4.78 is 11.5. The fourth-order valence-corrected chi connectivity index (χ4v) is 2.74. The highest BCUT2D eigenvalue weighted by molar-refractivity contribution is 6.32. The molecule has 1 saturated heterocycles. The van der Waals surface area contributed by atoms with Gasteiger partial charge in [0.25, 0.3) is 0 Å². The molecule has 1 fully saturated rings. The van der Waals surface area contributed by atoms with Crippen LogP contribution < -0.4 is 4.74 Å². The normalized spacial score (nSPS) is 22.7. The van der Waals surface area contributed by atoms with E-state index < -0.39 is 0 Å². The van der Waals surface area contributed by atoms with Crippen molar-refractivity contribution >= 4 is 11.6 Å². The predicted molar refractivity (Wildman–Crippen MR) is 78.9 cm³/mol. The Morgan fingerprint density at radius 3 is 2.68 bits per heavy atom. The van der Waals surface area contributed by atoms with E-state index in [1.165, 1.54) is 0 Å². The van der Waals surface area contributed by atoms with Gasteiger partial charge in [-0.3, -0.25) is 0 Å². The minimum Gasteiger partial charge on any atom is -0.489 e. The van der Waals surface area contributed by atoms with Crippen LogP contribution in [0.4, 0.5) is 0 Å². The first-order valence-electron chi connectivity index (χ1n) is 7.01. The molecule has 0 radical (unpaired) electrons. The second-order valence-corrected chi connectivity index (χ2v) is 6.49. The van der Waals surface area contributed by atoms with Crippen molar-refractivity contribution in [2.75, 3.05) is 6.61 Å². The van der Waals surface area contributed by atoms with Crippen molar-refractivity contribution < 1.29 is 9.47 Å². The SMILES string of the molecule is CCCC(C)Oc1ccc(C2OCC2(C)C)cc1Cl. The van der Waals surface area contributed by atoms with Gasteiger partial charge in [-0.15, -0.1) is 0 Å². The van der Waals surface area contributed by atoms with Crippen molar-refractivity contribution in [3.05, 3.63) is 28.8 Å². The minimum absolute atomic E-state index is 0.145. The number of hydrogen-bond acceptors (Lipinski definition) is 2. The molecule has 1 aliphatic rings. The zero-order valence-electron chi connectivity index (χ0n) is 12.2. The maximum atomic E-state index is 6.31. The highest BCUT2D eigenvalue weighted by Gasteiger charge is 2.41. The molecule has 106 valence electrons. The molecule has 1 aromatic carbocycles. The summed E-state index contributed by atoms with van der Waals surface area (Å²) in [7, 11) is 0. The smallest absolute Gasteiger partial charge is 0.138 e. The van der Waals surface area contributed by atoms with Crippen LogP contribution in [-0.4, -0.2) is 12.7 Å². The Hall–Kier alpha value is -0.730. The van der Waals surface area contributed by atoms with Crippen LogP contribution in [0.15, 0.2) is 18.2 Å². The Morgan fingerprint density at radius 2 is 2.21 bits per heavy atom. The van der Waals surface area contributed by atoms with E-state index in [2.05, 4.69) is 33.8 Å². The lowest BCUT2D eigenvalue weighted by Gasteiger charge is -2.44. The first-order valence-corrected chi connectivity index (χ1v) is 7.39. The maximum Gasteiger partial charge on any atom is 0.138 e. The van der Waals surface area contributed by atoms with Crippen LogP contribution in [0.5, 0.6) is 5.75 Å². The standard InChI is InChI=1S/C16H23ClO2/c1-5-6-11(2)19-14-8-7-12(9-13(14)17)15-16(3,4)10-18-15/h7-9,11,15H,5-6,10H2,1-4H3. The number of benzene rings is 1. The third kappa shape index (κ3) is 3.24. The fraction of sp³-hybridized carbons (Fsp3) is 0.625. The second kappa shape index (κ2) is 5.72. The third-order valence-electron chi connectivity index (χ3n) is 3.61. The molecule has 0 amide bonds. The van der Waals surface area contributed by atoms with Crippen molar-refractivity contribution in [2.24, 2.45) is 5.41 Å². The summed E-state index contributed by atoms with van der Waals surface area (Å²) >= 11 is 6.31. The molecule has 1 aromatic rings. The molecule has 1 aliphatic heterocycles. The highest BCUT2D eigenvalue weighted by atomic mass is 35.5. The van der Waals surface area contributed by atoms with Crippen LogP contribution in [-0.2, 0) is 4.74 Å². The molecule has 0 spiro atoms. The van der Waals surface area contributed by atoms with Crippen molar-refractivity contribution in [1.82, 2.24) is 0 Å². The summed E-state index contributed by atoms with van der Waals surface area (Å²) in [6, 6.07) is 5.99. The van der Waals surface area contributed by atoms with Gasteiger partial charge in [-0.25, -0.2) is 0 Å². The zero-order valence-corrected chi connectivity index (χ0v) is 13.0. The van der Waals surface area contributed by atoms with Gasteiger partial charge >= 0.3 is 0 Å². The molecular formula is C16H23ClO2. The van der Waals surface area contributed by atoms with Crippen molar-refractivity contribution in [2.45, 2.75) is 52.7 Å². The summed E-state index contributed by atoms with van der Waals surface area (Å²) in [4.78, 5) is 0. The summed E-state index contributed by atoms with van der Waals surface area (Å²) in [5, 5.41) is 0.673. The van der Waals surface area contributed by atoms with Crippen LogP contribution in [0.3, 0.4) is 0 Å². The lowest BCUT2D eigenvalue weighted by Crippen LogP contribution is -2.40. The van der Waals surface area contributed by atoms with Gasteiger partial charge in [0.1, 0.15) is 5.75 Å². The molecule has 0 aromatic heterocycles. The van der Waals surface area contributed by atoms with Gasteiger partial charge in [0.15, 0.2) is 0 Å². The van der Waals surface area contributed by atoms with Crippen molar-refractivity contribution in [3.63, 3.8) is 0 Å². The van der Waals surface area contributed by atoms with Crippen molar-refractivity contribution in [3.8, 4) is 5.75 Å². The summed E-state index contributed by atoms with van der Waals surface area (Å²) in [5.74, 6) is 0.767. The topological polar surface area (TPSA) is 18.5 Å². The van der Waals surface area contributed by atoms with Gasteiger partial charge in [-0.05, 0) is 31.0 Å². The average Bonchev–Trinajstić information content (AvgIpc) is 2.32. The maximum absolute atomic E-state index is 6.31. The molecule has 3 heteroatoms. The van der Waals surface area contributed by atoms with E-state index in [0.717, 1.165) is 30.8 Å². The zero-order chi connectivity index (χ0) is 14.0. The van der Waals surface area contributed by atoms with Gasteiger partial charge in [-0.1, -0.05) is 44.9 Å². The summed E-state index contributed by atoms with van der Waals surface area (Å²) in [6.45, 7) is 9.46. The monoisotopic (exact) mass is 282 g/mol. The van der Waals surface area contributed by atoms with Crippen LogP contribution in [0.2, 0.25) is 5.02 Å². The van der Waals surface area contributed by atoms with Crippen molar-refractivity contribution in [1.29, 1.82) is 0 Å². The first kappa shape index (κ1) is 14.7. The summed E-state index contributed by atoms with van der Waals surface area (Å²) in [5.41, 5.74) is 1.33. The van der Waals surface area contributed by atoms with Gasteiger partial charge in [-0.2, -0.15) is 0 Å². The van der Waals surface area contributed by atoms with Crippen LogP contribution in [0, 0.1) is 5.41 Å². The minimum atomic E-state index is 0.145. The molecular weight excluding hydrogens is 260 g/mol. The van der Waals surface area contributed by atoms with Gasteiger partial charge < -0.3 is 9.47 Å². The van der Waals surface area contributed by atoms with E-state index in [0.29, 0.717) is 5.02 Å². The molecule has 19 heavy (non-hydrogen) atoms. The number of hydrogen-bond donors (Lipinski definition) is 0. The number of rotatable bonds is 5. The van der Waals surface area contributed by atoms with Gasteiger partial charge in [0, 0.05) is 5.41 Å². The summed E-state index contributed by atoms with van der Waals surface area (Å²) in [6.07, 6.45) is 2.49. The Balaban J connectivity index is 2.09. The van der Waals surface area contributed by atoms with Crippen LogP contribution >= 0.6 is 11.6 Å². The third-order valence-corrected chi connectivity index (χ3v) is 3.91. The Kier molecular flexibility index (Phi) is 4.42. The van der Waals surface area contributed by atoms with E-state index in [4.69, 9.17) is 21.1 Å². The molecule has 0 bridgehead atoms. The van der Waals surface area contributed by atoms with E-state index in [1.807, 2.05) is 12.1 Å². The second-order valence-electron chi connectivity index (χ2n) is 6.09. The molecule has 2 nitrogen and oxygen atoms in total. The van der Waals surface area contributed by atoms with E-state index in [-0.39, 0.29) is 17.6 Å². The Morgan fingerprint density at radius 1 is 1.47 bits per heavy atom. The largest absolute Gasteiger partial charge is 0.489 e. The molecule has 0 aliphatic carbocycles. The average molecular weight is 283 g/mol. The number of halogens is 1. The van der Waals surface area contributed by atoms with Crippen LogP contribution in [0.1, 0.15) is 52.2 Å². The number of ether oxygens (including phenoxy) is 2. The molecule has 1 heterocycles. The quantitative estimate of drug-likeness (QED) is 0.756. The molecule has 0 N–H and O–H groups in total. The predicted octanol–water partition coefficient (Wildman–Crippen LogP) is 5.00.